The number of nitrogens with one attached hydrogen (secondary N) is 1. The Balaban J connectivity index is 1.60. The van der Waals surface area contributed by atoms with Crippen molar-refractivity contribution in [1.29, 1.82) is 0 Å². The lowest BCUT2D eigenvalue weighted by atomic mass is 10.1. The van der Waals surface area contributed by atoms with E-state index in [1.54, 1.807) is 19.2 Å². The monoisotopic (exact) mass is 371 g/mol. The number of esters is 1. The zero-order chi connectivity index (χ0) is 19.5. The number of benzene rings is 2. The predicted molar refractivity (Wildman–Crippen MR) is 102 cm³/mol. The SMILES string of the molecule is CCc1ccc(OCC(=O)OCC(=O)NCCc2ccc(OC)cc2)cc1. The smallest absolute Gasteiger partial charge is 0.344 e. The van der Waals surface area contributed by atoms with Crippen LogP contribution in [-0.2, 0) is 27.2 Å². The first-order valence-electron chi connectivity index (χ1n) is 8.87. The van der Waals surface area contributed by atoms with Gasteiger partial charge >= 0.3 is 5.97 Å². The second kappa shape index (κ2) is 10.9. The Kier molecular flexibility index (Phi) is 8.16. The Morgan fingerprint density at radius 3 is 2.15 bits per heavy atom. The van der Waals surface area contributed by atoms with E-state index in [-0.39, 0.29) is 19.1 Å². The predicted octanol–water partition coefficient (Wildman–Crippen LogP) is 2.54. The Labute approximate surface area is 159 Å². The number of hydrogen-bond donors (Lipinski definition) is 1. The molecule has 1 N–H and O–H groups in total. The molecule has 1 amide bonds. The second-order valence-corrected chi connectivity index (χ2v) is 5.89. The summed E-state index contributed by atoms with van der Waals surface area (Å²) in [5.41, 5.74) is 2.27. The minimum absolute atomic E-state index is 0.232. The molecule has 2 aromatic rings. The lowest BCUT2D eigenvalue weighted by Crippen LogP contribution is -2.31. The molecule has 27 heavy (non-hydrogen) atoms. The maximum atomic E-state index is 11.7. The quantitative estimate of drug-likeness (QED) is 0.650. The third-order valence-electron chi connectivity index (χ3n) is 3.95. The highest BCUT2D eigenvalue weighted by Gasteiger charge is 2.08. The van der Waals surface area contributed by atoms with E-state index in [4.69, 9.17) is 14.2 Å². The van der Waals surface area contributed by atoms with Crippen molar-refractivity contribution in [3.63, 3.8) is 0 Å². The van der Waals surface area contributed by atoms with Gasteiger partial charge in [-0.15, -0.1) is 0 Å². The molecule has 0 radical (unpaired) electrons. The fraction of sp³-hybridized carbons (Fsp3) is 0.333. The van der Waals surface area contributed by atoms with Crippen LogP contribution in [0.3, 0.4) is 0 Å². The number of carbonyl (C=O) groups is 2. The summed E-state index contributed by atoms with van der Waals surface area (Å²) in [5, 5.41) is 2.71. The van der Waals surface area contributed by atoms with E-state index in [1.165, 1.54) is 5.56 Å². The second-order valence-electron chi connectivity index (χ2n) is 5.89. The number of hydrogen-bond acceptors (Lipinski definition) is 5. The molecule has 0 bridgehead atoms. The van der Waals surface area contributed by atoms with Gasteiger partial charge in [0.15, 0.2) is 13.2 Å². The summed E-state index contributed by atoms with van der Waals surface area (Å²) in [6.07, 6.45) is 1.62. The summed E-state index contributed by atoms with van der Waals surface area (Å²) in [4.78, 5) is 23.4. The van der Waals surface area contributed by atoms with Crippen molar-refractivity contribution in [2.45, 2.75) is 19.8 Å². The highest BCUT2D eigenvalue weighted by atomic mass is 16.6. The van der Waals surface area contributed by atoms with Gasteiger partial charge in [-0.3, -0.25) is 4.79 Å². The van der Waals surface area contributed by atoms with Crippen molar-refractivity contribution in [1.82, 2.24) is 5.32 Å². The summed E-state index contributed by atoms with van der Waals surface area (Å²) in [5.74, 6) is 0.454. The summed E-state index contributed by atoms with van der Waals surface area (Å²) in [6.45, 7) is 1.97. The van der Waals surface area contributed by atoms with Crippen molar-refractivity contribution in [2.75, 3.05) is 26.9 Å². The molecular formula is C21H25NO5. The van der Waals surface area contributed by atoms with Gasteiger partial charge in [0.2, 0.25) is 0 Å². The first kappa shape index (κ1) is 20.3. The average molecular weight is 371 g/mol. The molecule has 6 nitrogen and oxygen atoms in total. The molecule has 0 saturated carbocycles. The maximum absolute atomic E-state index is 11.7. The van der Waals surface area contributed by atoms with Gasteiger partial charge < -0.3 is 19.5 Å². The molecule has 0 aliphatic carbocycles. The third-order valence-corrected chi connectivity index (χ3v) is 3.95. The molecule has 2 rings (SSSR count). The molecule has 144 valence electrons. The van der Waals surface area contributed by atoms with Crippen LogP contribution in [0.5, 0.6) is 11.5 Å². The molecule has 0 heterocycles. The molecule has 0 fully saturated rings. The topological polar surface area (TPSA) is 73.9 Å². The molecule has 2 aromatic carbocycles. The summed E-state index contributed by atoms with van der Waals surface area (Å²) in [6, 6.07) is 15.1. The molecule has 0 atom stereocenters. The van der Waals surface area contributed by atoms with E-state index in [0.717, 1.165) is 17.7 Å². The van der Waals surface area contributed by atoms with Crippen molar-refractivity contribution in [3.05, 3.63) is 59.7 Å². The Morgan fingerprint density at radius 1 is 0.889 bits per heavy atom. The summed E-state index contributed by atoms with van der Waals surface area (Å²) < 4.78 is 15.3. The molecule has 0 aromatic heterocycles. The van der Waals surface area contributed by atoms with Crippen LogP contribution in [0.15, 0.2) is 48.5 Å². The normalized spacial score (nSPS) is 10.1. The van der Waals surface area contributed by atoms with Crippen molar-refractivity contribution >= 4 is 11.9 Å². The van der Waals surface area contributed by atoms with Crippen LogP contribution >= 0.6 is 0 Å². The third kappa shape index (κ3) is 7.40. The van der Waals surface area contributed by atoms with Gasteiger partial charge in [0.25, 0.3) is 5.91 Å². The minimum Gasteiger partial charge on any atom is -0.497 e. The first-order chi connectivity index (χ1) is 13.1. The van der Waals surface area contributed by atoms with Crippen LogP contribution in [0.1, 0.15) is 18.1 Å². The number of carbonyl (C=O) groups excluding carboxylic acids is 2. The fourth-order valence-electron chi connectivity index (χ4n) is 2.34. The summed E-state index contributed by atoms with van der Waals surface area (Å²) in [7, 11) is 1.61. The largest absolute Gasteiger partial charge is 0.497 e. The Bertz CT molecular complexity index is 725. The van der Waals surface area contributed by atoms with E-state index in [0.29, 0.717) is 18.7 Å². The number of ether oxygens (including phenoxy) is 3. The lowest BCUT2D eigenvalue weighted by molar-refractivity contribution is -0.150. The first-order valence-corrected chi connectivity index (χ1v) is 8.87. The van der Waals surface area contributed by atoms with E-state index < -0.39 is 5.97 Å². The lowest BCUT2D eigenvalue weighted by Gasteiger charge is -2.08. The van der Waals surface area contributed by atoms with Gasteiger partial charge in [-0.05, 0) is 48.2 Å². The van der Waals surface area contributed by atoms with E-state index in [2.05, 4.69) is 12.2 Å². The van der Waals surface area contributed by atoms with Crippen LogP contribution in [-0.4, -0.2) is 38.7 Å². The van der Waals surface area contributed by atoms with E-state index in [9.17, 15) is 9.59 Å². The molecule has 0 spiro atoms. The fourth-order valence-corrected chi connectivity index (χ4v) is 2.34. The average Bonchev–Trinajstić information content (AvgIpc) is 2.71. The van der Waals surface area contributed by atoms with Crippen molar-refractivity contribution < 1.29 is 23.8 Å². The van der Waals surface area contributed by atoms with Crippen molar-refractivity contribution in [2.24, 2.45) is 0 Å². The van der Waals surface area contributed by atoms with E-state index in [1.807, 2.05) is 36.4 Å². The number of amides is 1. The molecular weight excluding hydrogens is 346 g/mol. The highest BCUT2D eigenvalue weighted by molar-refractivity contribution is 5.80. The zero-order valence-electron chi connectivity index (χ0n) is 15.7. The molecule has 0 saturated heterocycles. The van der Waals surface area contributed by atoms with Gasteiger partial charge in [0, 0.05) is 6.54 Å². The van der Waals surface area contributed by atoms with Crippen molar-refractivity contribution in [3.8, 4) is 11.5 Å². The molecule has 0 unspecified atom stereocenters. The number of rotatable bonds is 10. The Morgan fingerprint density at radius 2 is 1.52 bits per heavy atom. The van der Waals surface area contributed by atoms with E-state index >= 15 is 0 Å². The standard InChI is InChI=1S/C21H25NO5/c1-3-16-4-10-19(11-5-16)26-15-21(24)27-14-20(23)22-13-12-17-6-8-18(25-2)9-7-17/h4-11H,3,12-15H2,1-2H3,(H,22,23). The highest BCUT2D eigenvalue weighted by Crippen LogP contribution is 2.12. The van der Waals surface area contributed by atoms with Crippen LogP contribution in [0.25, 0.3) is 0 Å². The minimum atomic E-state index is -0.583. The van der Waals surface area contributed by atoms with Crippen LogP contribution in [0, 0.1) is 0 Å². The van der Waals surface area contributed by atoms with Gasteiger partial charge in [-0.2, -0.15) is 0 Å². The molecule has 0 aliphatic heterocycles. The van der Waals surface area contributed by atoms with Gasteiger partial charge in [-0.1, -0.05) is 31.2 Å². The summed E-state index contributed by atoms with van der Waals surface area (Å²) >= 11 is 0. The molecule has 0 aliphatic rings. The van der Waals surface area contributed by atoms with Gasteiger partial charge in [0.05, 0.1) is 7.11 Å². The van der Waals surface area contributed by atoms with Gasteiger partial charge in [-0.25, -0.2) is 4.79 Å². The molecule has 6 heteroatoms. The van der Waals surface area contributed by atoms with Crippen LogP contribution < -0.4 is 14.8 Å². The van der Waals surface area contributed by atoms with Crippen LogP contribution in [0.2, 0.25) is 0 Å². The maximum Gasteiger partial charge on any atom is 0.344 e. The Hall–Kier alpha value is -3.02. The van der Waals surface area contributed by atoms with Gasteiger partial charge in [0.1, 0.15) is 11.5 Å². The number of methoxy groups -OCH3 is 1. The number of aryl methyl sites for hydroxylation is 1. The van der Waals surface area contributed by atoms with Crippen LogP contribution in [0.4, 0.5) is 0 Å². The zero-order valence-corrected chi connectivity index (χ0v) is 15.7.